The molecule has 1 aromatic heterocycles. The number of fused-ring (bicyclic) bond motifs is 1. The third kappa shape index (κ3) is 5.03. The summed E-state index contributed by atoms with van der Waals surface area (Å²) < 4.78 is 14.7. The van der Waals surface area contributed by atoms with Crippen molar-refractivity contribution in [2.24, 2.45) is 0 Å². The Hall–Kier alpha value is -3.23. The highest BCUT2D eigenvalue weighted by atomic mass is 19.1. The van der Waals surface area contributed by atoms with Crippen molar-refractivity contribution in [3.05, 3.63) is 53.1 Å². The van der Waals surface area contributed by atoms with Crippen LogP contribution in [0.4, 0.5) is 4.39 Å². The van der Waals surface area contributed by atoms with Gasteiger partial charge in [0, 0.05) is 31.7 Å². The van der Waals surface area contributed by atoms with E-state index >= 15 is 0 Å². The molecule has 2 heterocycles. The Morgan fingerprint density at radius 3 is 2.50 bits per heavy atom. The normalized spacial score (nSPS) is 14.8. The first-order chi connectivity index (χ1) is 14.2. The summed E-state index contributed by atoms with van der Waals surface area (Å²) in [4.78, 5) is 39.2. The maximum Gasteiger partial charge on any atom is 0.272 e. The van der Waals surface area contributed by atoms with Crippen LogP contribution in [-0.2, 0) is 17.9 Å². The van der Waals surface area contributed by atoms with Crippen molar-refractivity contribution in [1.82, 2.24) is 25.3 Å². The average molecular weight is 415 g/mol. The number of benzene rings is 1. The molecule has 2 aromatic rings. The summed E-state index contributed by atoms with van der Waals surface area (Å²) in [5.74, 6) is -1.37. The minimum absolute atomic E-state index is 0.0368. The second-order valence-electron chi connectivity index (χ2n) is 7.70. The summed E-state index contributed by atoms with van der Waals surface area (Å²) in [5, 5.41) is 9.61. The number of nitrogens with zero attached hydrogens (tertiary/aromatic N) is 3. The number of halogens is 1. The maximum absolute atomic E-state index is 13.1. The Kier molecular flexibility index (Phi) is 6.49. The van der Waals surface area contributed by atoms with Crippen molar-refractivity contribution in [3.63, 3.8) is 0 Å². The number of carbonyl (C=O) groups is 3. The van der Waals surface area contributed by atoms with E-state index in [-0.39, 0.29) is 29.4 Å². The minimum atomic E-state index is -0.730. The van der Waals surface area contributed by atoms with Crippen LogP contribution in [0.25, 0.3) is 0 Å². The molecule has 0 radical (unpaired) electrons. The molecule has 9 heteroatoms. The van der Waals surface area contributed by atoms with Crippen LogP contribution < -0.4 is 10.6 Å². The number of amides is 3. The first-order valence-corrected chi connectivity index (χ1v) is 9.97. The zero-order valence-corrected chi connectivity index (χ0v) is 17.3. The first-order valence-electron chi connectivity index (χ1n) is 9.97. The predicted octanol–water partition coefficient (Wildman–Crippen LogP) is 1.71. The SMILES string of the molecule is CC(C)NC(=O)[C@H](C)NC(=O)c1cc2n(n1)CCCN(Cc1ccc(F)cc1)C2=O. The van der Waals surface area contributed by atoms with E-state index in [1.165, 1.54) is 22.9 Å². The molecule has 1 atom stereocenters. The van der Waals surface area contributed by atoms with Gasteiger partial charge in [0.05, 0.1) is 0 Å². The predicted molar refractivity (Wildman–Crippen MR) is 108 cm³/mol. The van der Waals surface area contributed by atoms with Crippen LogP contribution in [0, 0.1) is 5.82 Å². The molecule has 3 amide bonds. The zero-order valence-electron chi connectivity index (χ0n) is 17.3. The van der Waals surface area contributed by atoms with Crippen LogP contribution in [0.15, 0.2) is 30.3 Å². The summed E-state index contributed by atoms with van der Waals surface area (Å²) in [5.41, 5.74) is 1.23. The Bertz CT molecular complexity index is 939. The lowest BCUT2D eigenvalue weighted by Gasteiger charge is -2.20. The van der Waals surface area contributed by atoms with Gasteiger partial charge in [-0.15, -0.1) is 0 Å². The maximum atomic E-state index is 13.1. The molecule has 0 aliphatic carbocycles. The van der Waals surface area contributed by atoms with Crippen molar-refractivity contribution >= 4 is 17.7 Å². The van der Waals surface area contributed by atoms with Gasteiger partial charge in [-0.05, 0) is 44.9 Å². The summed E-state index contributed by atoms with van der Waals surface area (Å²) >= 11 is 0. The number of aryl methyl sites for hydroxylation is 1. The Balaban J connectivity index is 1.71. The van der Waals surface area contributed by atoms with Crippen LogP contribution in [0.1, 0.15) is 53.7 Å². The van der Waals surface area contributed by atoms with Gasteiger partial charge in [-0.3, -0.25) is 19.1 Å². The smallest absolute Gasteiger partial charge is 0.272 e. The fraction of sp³-hybridized carbons (Fsp3) is 0.429. The molecule has 0 bridgehead atoms. The molecule has 0 saturated carbocycles. The molecule has 0 fully saturated rings. The van der Waals surface area contributed by atoms with Gasteiger partial charge in [0.25, 0.3) is 11.8 Å². The summed E-state index contributed by atoms with van der Waals surface area (Å²) in [6, 6.07) is 6.70. The minimum Gasteiger partial charge on any atom is -0.352 e. The third-order valence-corrected chi connectivity index (χ3v) is 4.78. The zero-order chi connectivity index (χ0) is 21.8. The second kappa shape index (κ2) is 9.06. The van der Waals surface area contributed by atoms with Gasteiger partial charge in [0.15, 0.2) is 5.69 Å². The summed E-state index contributed by atoms with van der Waals surface area (Å²) in [6.07, 6.45) is 0.676. The fourth-order valence-corrected chi connectivity index (χ4v) is 3.25. The topological polar surface area (TPSA) is 96.3 Å². The highest BCUT2D eigenvalue weighted by Gasteiger charge is 2.27. The number of aromatic nitrogens is 2. The average Bonchev–Trinajstić information content (AvgIpc) is 3.06. The molecule has 0 spiro atoms. The lowest BCUT2D eigenvalue weighted by atomic mass is 10.2. The second-order valence-corrected chi connectivity index (χ2v) is 7.70. The van der Waals surface area contributed by atoms with Gasteiger partial charge in [-0.2, -0.15) is 5.10 Å². The van der Waals surface area contributed by atoms with E-state index in [0.29, 0.717) is 31.7 Å². The van der Waals surface area contributed by atoms with Crippen LogP contribution in [0.3, 0.4) is 0 Å². The first kappa shape index (κ1) is 21.5. The third-order valence-electron chi connectivity index (χ3n) is 4.78. The van der Waals surface area contributed by atoms with Crippen LogP contribution >= 0.6 is 0 Å². The molecule has 30 heavy (non-hydrogen) atoms. The molecule has 8 nitrogen and oxygen atoms in total. The Morgan fingerprint density at radius 1 is 1.13 bits per heavy atom. The summed E-state index contributed by atoms with van der Waals surface area (Å²) in [6.45, 7) is 6.64. The Labute approximate surface area is 174 Å². The molecule has 0 unspecified atom stereocenters. The van der Waals surface area contributed by atoms with Gasteiger partial charge in [-0.1, -0.05) is 12.1 Å². The molecule has 1 aliphatic rings. The molecular weight excluding hydrogens is 389 g/mol. The van der Waals surface area contributed by atoms with Gasteiger partial charge < -0.3 is 15.5 Å². The lowest BCUT2D eigenvalue weighted by Crippen LogP contribution is -2.46. The molecule has 3 rings (SSSR count). The van der Waals surface area contributed by atoms with Crippen molar-refractivity contribution in [2.45, 2.75) is 52.4 Å². The molecular formula is C21H26FN5O3. The molecule has 2 N–H and O–H groups in total. The van der Waals surface area contributed by atoms with E-state index in [0.717, 1.165) is 5.56 Å². The molecule has 1 aliphatic heterocycles. The molecule has 1 aromatic carbocycles. The molecule has 160 valence electrons. The number of rotatable bonds is 6. The van der Waals surface area contributed by atoms with E-state index in [1.807, 2.05) is 13.8 Å². The van der Waals surface area contributed by atoms with Crippen LogP contribution in [0.5, 0.6) is 0 Å². The van der Waals surface area contributed by atoms with Gasteiger partial charge >= 0.3 is 0 Å². The quantitative estimate of drug-likeness (QED) is 0.751. The number of hydrogen-bond donors (Lipinski definition) is 2. The van der Waals surface area contributed by atoms with Gasteiger partial charge in [0.1, 0.15) is 17.6 Å². The van der Waals surface area contributed by atoms with Gasteiger partial charge in [0.2, 0.25) is 5.91 Å². The standard InChI is InChI=1S/C21H26FN5O3/c1-13(2)23-19(28)14(3)24-20(29)17-11-18-21(30)26(9-4-10-27(18)25-17)12-15-5-7-16(22)8-6-15/h5-8,11,13-14H,4,9-10,12H2,1-3H3,(H,23,28)(H,24,29)/t14-/m0/s1. The monoisotopic (exact) mass is 415 g/mol. The van der Waals surface area contributed by atoms with E-state index in [1.54, 1.807) is 24.0 Å². The van der Waals surface area contributed by atoms with E-state index in [2.05, 4.69) is 15.7 Å². The van der Waals surface area contributed by atoms with Crippen molar-refractivity contribution < 1.29 is 18.8 Å². The van der Waals surface area contributed by atoms with Crippen molar-refractivity contribution in [1.29, 1.82) is 0 Å². The fourth-order valence-electron chi connectivity index (χ4n) is 3.25. The lowest BCUT2D eigenvalue weighted by molar-refractivity contribution is -0.123. The van der Waals surface area contributed by atoms with Crippen molar-refractivity contribution in [2.75, 3.05) is 6.54 Å². The largest absolute Gasteiger partial charge is 0.352 e. The van der Waals surface area contributed by atoms with Gasteiger partial charge in [-0.25, -0.2) is 4.39 Å². The Morgan fingerprint density at radius 2 is 1.83 bits per heavy atom. The van der Waals surface area contributed by atoms with Crippen molar-refractivity contribution in [3.8, 4) is 0 Å². The summed E-state index contributed by atoms with van der Waals surface area (Å²) in [7, 11) is 0. The highest BCUT2D eigenvalue weighted by molar-refractivity contribution is 5.99. The van der Waals surface area contributed by atoms with E-state index in [9.17, 15) is 18.8 Å². The van der Waals surface area contributed by atoms with Crippen LogP contribution in [0.2, 0.25) is 0 Å². The molecule has 0 saturated heterocycles. The number of hydrogen-bond acceptors (Lipinski definition) is 4. The number of carbonyl (C=O) groups excluding carboxylic acids is 3. The van der Waals surface area contributed by atoms with E-state index < -0.39 is 11.9 Å². The van der Waals surface area contributed by atoms with E-state index in [4.69, 9.17) is 0 Å². The number of nitrogens with one attached hydrogen (secondary N) is 2. The van der Waals surface area contributed by atoms with Crippen LogP contribution in [-0.4, -0.2) is 51.0 Å². The highest BCUT2D eigenvalue weighted by Crippen LogP contribution is 2.17.